The summed E-state index contributed by atoms with van der Waals surface area (Å²) >= 11 is 1.87. The number of fused-ring (bicyclic) bond motifs is 1. The number of thioether (sulfide) groups is 1. The molecule has 13 heteroatoms. The quantitative estimate of drug-likeness (QED) is 0.0972. The number of aromatic nitrogens is 4. The maximum atomic E-state index is 13.4. The van der Waals surface area contributed by atoms with Crippen LogP contribution in [0.1, 0.15) is 94.9 Å². The molecule has 0 aliphatic carbocycles. The summed E-state index contributed by atoms with van der Waals surface area (Å²) in [5, 5.41) is 3.06. The third-order valence-corrected chi connectivity index (χ3v) is 11.5. The summed E-state index contributed by atoms with van der Waals surface area (Å²) in [6, 6.07) is 14.5. The first-order valence-electron chi connectivity index (χ1n) is 18.8. The predicted molar refractivity (Wildman–Crippen MR) is 220 cm³/mol. The molecule has 1 fully saturated rings. The Morgan fingerprint density at radius 1 is 1.02 bits per heavy atom. The fraction of sp³-hybridized carbons (Fsp3) is 0.452. The van der Waals surface area contributed by atoms with Gasteiger partial charge in [-0.3, -0.25) is 4.90 Å². The highest BCUT2D eigenvalue weighted by Crippen LogP contribution is 2.49. The van der Waals surface area contributed by atoms with Crippen molar-refractivity contribution in [3.05, 3.63) is 83.6 Å². The van der Waals surface area contributed by atoms with Crippen molar-refractivity contribution in [1.29, 1.82) is 0 Å². The first kappa shape index (κ1) is 39.9. The van der Waals surface area contributed by atoms with Crippen LogP contribution in [0.25, 0.3) is 22.3 Å². The Kier molecular flexibility index (Phi) is 12.6. The van der Waals surface area contributed by atoms with Crippen LogP contribution >= 0.6 is 11.8 Å². The molecule has 0 spiro atoms. The average molecular weight is 780 g/mol. The minimum Gasteiger partial charge on any atom is -0.507 e. The van der Waals surface area contributed by atoms with E-state index in [-0.39, 0.29) is 17.4 Å². The van der Waals surface area contributed by atoms with E-state index in [1.165, 1.54) is 0 Å². The van der Waals surface area contributed by atoms with Gasteiger partial charge in [-0.1, -0.05) is 36.1 Å². The molecule has 0 saturated carbocycles. The van der Waals surface area contributed by atoms with Crippen molar-refractivity contribution < 1.29 is 23.8 Å². The summed E-state index contributed by atoms with van der Waals surface area (Å²) in [5.74, 6) is 11.6. The summed E-state index contributed by atoms with van der Waals surface area (Å²) in [5.41, 5.74) is 5.28. The number of nitrogens with zero attached hydrogens (tertiary/aromatic N) is 3. The SMILES string of the molecule is C=C(CNC(=O)OC(C)(C)C)CC1CSC1c1ncc(-c2ccc(C#Cc3ccc4nc(C5C[Si]=COCCCCN5C(=O)OC(C)(C)C)[nH]c4c3)cc2)[nH]1. The molecule has 1 saturated heterocycles. The number of carbonyl (C=O) groups is 2. The lowest BCUT2D eigenvalue weighted by atomic mass is 9.96. The van der Waals surface area contributed by atoms with Gasteiger partial charge in [-0.25, -0.2) is 19.6 Å². The smallest absolute Gasteiger partial charge is 0.410 e. The Hall–Kier alpha value is -4.80. The Morgan fingerprint density at radius 3 is 2.49 bits per heavy atom. The number of amides is 2. The van der Waals surface area contributed by atoms with Gasteiger partial charge in [0, 0.05) is 24.2 Å². The molecule has 55 heavy (non-hydrogen) atoms. The highest BCUT2D eigenvalue weighted by Gasteiger charge is 2.35. The van der Waals surface area contributed by atoms with Crippen LogP contribution in [0.4, 0.5) is 9.59 Å². The zero-order chi connectivity index (χ0) is 39.2. The van der Waals surface area contributed by atoms with E-state index in [9.17, 15) is 9.59 Å². The van der Waals surface area contributed by atoms with Gasteiger partial charge in [0.05, 0.1) is 55.8 Å². The van der Waals surface area contributed by atoms with E-state index in [1.807, 2.05) is 101 Å². The second-order valence-electron chi connectivity index (χ2n) is 16.0. The van der Waals surface area contributed by atoms with E-state index in [0.29, 0.717) is 40.8 Å². The van der Waals surface area contributed by atoms with Gasteiger partial charge in [-0.05, 0) is 114 Å². The number of H-pyrrole nitrogens is 2. The molecule has 2 amide bonds. The summed E-state index contributed by atoms with van der Waals surface area (Å²) < 4.78 is 16.8. The van der Waals surface area contributed by atoms with E-state index in [0.717, 1.165) is 75.7 Å². The van der Waals surface area contributed by atoms with Crippen LogP contribution in [-0.4, -0.2) is 88.7 Å². The summed E-state index contributed by atoms with van der Waals surface area (Å²) in [4.78, 5) is 43.9. The Labute approximate surface area is 330 Å². The molecule has 4 aromatic rings. The number of imidazole rings is 2. The van der Waals surface area contributed by atoms with Crippen molar-refractivity contribution in [2.45, 2.75) is 89.3 Å². The van der Waals surface area contributed by atoms with Crippen LogP contribution in [0.5, 0.6) is 0 Å². The molecule has 3 unspecified atom stereocenters. The molecule has 3 N–H and O–H groups in total. The zero-order valence-electron chi connectivity index (χ0n) is 32.6. The number of hydrogen-bond donors (Lipinski definition) is 3. The van der Waals surface area contributed by atoms with E-state index in [2.05, 4.69) is 45.8 Å². The molecule has 3 atom stereocenters. The highest BCUT2D eigenvalue weighted by atomic mass is 32.2. The average Bonchev–Trinajstić information content (AvgIpc) is 3.76. The molecule has 2 aliphatic rings. The number of hydrogen-bond acceptors (Lipinski definition) is 8. The lowest BCUT2D eigenvalue weighted by molar-refractivity contribution is 0.0160. The van der Waals surface area contributed by atoms with Gasteiger partial charge in [0.1, 0.15) is 22.9 Å². The van der Waals surface area contributed by atoms with Crippen LogP contribution in [0.2, 0.25) is 6.04 Å². The van der Waals surface area contributed by atoms with Crippen molar-refractivity contribution in [1.82, 2.24) is 30.2 Å². The molecule has 1 radical (unpaired) electrons. The van der Waals surface area contributed by atoms with Crippen molar-refractivity contribution in [2.75, 3.05) is 25.4 Å². The third-order valence-electron chi connectivity index (χ3n) is 8.97. The molecule has 2 aromatic carbocycles. The van der Waals surface area contributed by atoms with E-state index in [1.54, 1.807) is 0 Å². The maximum Gasteiger partial charge on any atom is 0.410 e. The molecule has 2 aromatic heterocycles. The Morgan fingerprint density at radius 2 is 1.76 bits per heavy atom. The number of alkyl carbamates (subject to hydrolysis) is 1. The van der Waals surface area contributed by atoms with Gasteiger partial charge in [0.25, 0.3) is 0 Å². The topological polar surface area (TPSA) is 134 Å². The Balaban J connectivity index is 1.09. The Bertz CT molecular complexity index is 2080. The van der Waals surface area contributed by atoms with Gasteiger partial charge in [-0.2, -0.15) is 0 Å². The van der Waals surface area contributed by atoms with Gasteiger partial charge in [-0.15, -0.1) is 11.8 Å². The molecule has 2 aliphatic heterocycles. The molecule has 4 heterocycles. The van der Waals surface area contributed by atoms with Crippen LogP contribution in [-0.2, 0) is 14.2 Å². The van der Waals surface area contributed by atoms with E-state index in [4.69, 9.17) is 24.2 Å². The minimum absolute atomic E-state index is 0.253. The summed E-state index contributed by atoms with van der Waals surface area (Å²) in [6.45, 7) is 17.0. The van der Waals surface area contributed by atoms with Gasteiger partial charge in [0.15, 0.2) is 0 Å². The van der Waals surface area contributed by atoms with Crippen molar-refractivity contribution in [3.8, 4) is 23.1 Å². The molecule has 289 valence electrons. The number of benzene rings is 2. The monoisotopic (exact) mass is 779 g/mol. The number of nitrogens with one attached hydrogen (secondary N) is 3. The second-order valence-corrected chi connectivity index (χ2v) is 18.2. The maximum absolute atomic E-state index is 13.4. The van der Waals surface area contributed by atoms with E-state index >= 15 is 0 Å². The standard InChI is InChI=1S/C42H51N6O5SSi/c1-27(22-44-39(49)52-41(2,3)4)20-31-24-54-36(31)38-43-23-34(47-38)30-15-12-28(13-16-30)10-11-29-14-17-32-33(21-29)46-37(45-32)35-25-55-26-51-19-9-8-18-48(35)40(50)53-42(5,6)7/h12-17,21,23,26,31,35-36H,1,8-9,18-20,22,24-25H2,2-7H3,(H,43,47)(H,44,49)(H,45,46). The third kappa shape index (κ3) is 11.1. The number of carbonyl (C=O) groups excluding carboxylic acids is 2. The number of aromatic amines is 2. The first-order valence-corrected chi connectivity index (χ1v) is 21.1. The number of rotatable bonds is 7. The van der Waals surface area contributed by atoms with Gasteiger partial charge >= 0.3 is 12.2 Å². The van der Waals surface area contributed by atoms with Gasteiger partial charge < -0.3 is 29.5 Å². The molecule has 0 bridgehead atoms. The second kappa shape index (κ2) is 17.3. The molecule has 6 rings (SSSR count). The molecular formula is C42H51N6O5SSi. The van der Waals surface area contributed by atoms with Crippen molar-refractivity contribution >= 4 is 50.0 Å². The predicted octanol–water partition coefficient (Wildman–Crippen LogP) is 8.20. The van der Waals surface area contributed by atoms with Crippen molar-refractivity contribution in [3.63, 3.8) is 0 Å². The van der Waals surface area contributed by atoms with Crippen LogP contribution in [0.3, 0.4) is 0 Å². The van der Waals surface area contributed by atoms with Crippen LogP contribution < -0.4 is 5.32 Å². The van der Waals surface area contributed by atoms with Crippen LogP contribution in [0, 0.1) is 17.8 Å². The fourth-order valence-corrected chi connectivity index (χ4v) is 8.43. The zero-order valence-corrected chi connectivity index (χ0v) is 34.4. The molecule has 11 nitrogen and oxygen atoms in total. The van der Waals surface area contributed by atoms with Crippen LogP contribution in [0.15, 0.2) is 60.8 Å². The minimum atomic E-state index is -0.596. The first-order chi connectivity index (χ1) is 26.2. The summed E-state index contributed by atoms with van der Waals surface area (Å²) in [7, 11) is 0.409. The lowest BCUT2D eigenvalue weighted by Crippen LogP contribution is -2.40. The van der Waals surface area contributed by atoms with E-state index < -0.39 is 17.3 Å². The highest BCUT2D eigenvalue weighted by molar-refractivity contribution is 8.00. The summed E-state index contributed by atoms with van der Waals surface area (Å²) in [6.07, 6.45) is 3.62. The van der Waals surface area contributed by atoms with Crippen molar-refractivity contribution in [2.24, 2.45) is 5.92 Å². The lowest BCUT2D eigenvalue weighted by Gasteiger charge is -2.35. The fourth-order valence-electron chi connectivity index (χ4n) is 6.32. The normalized spacial score (nSPS) is 19.0. The largest absolute Gasteiger partial charge is 0.507 e. The number of ether oxygens (including phenoxy) is 3. The molecular weight excluding hydrogens is 729 g/mol. The van der Waals surface area contributed by atoms with Gasteiger partial charge in [0.2, 0.25) is 0 Å².